The molecule has 0 unspecified atom stereocenters. The van der Waals surface area contributed by atoms with Crippen LogP contribution in [0.4, 0.5) is 5.69 Å². The van der Waals surface area contributed by atoms with Gasteiger partial charge < -0.3 is 19.7 Å². The van der Waals surface area contributed by atoms with Crippen molar-refractivity contribution in [2.75, 3.05) is 38.2 Å². The lowest BCUT2D eigenvalue weighted by atomic mass is 9.95. The quantitative estimate of drug-likeness (QED) is 0.663. The predicted octanol–water partition coefficient (Wildman–Crippen LogP) is 2.00. The van der Waals surface area contributed by atoms with Crippen molar-refractivity contribution < 1.29 is 27.5 Å². The van der Waals surface area contributed by atoms with Gasteiger partial charge in [-0.3, -0.25) is 9.59 Å². The van der Waals surface area contributed by atoms with Crippen molar-refractivity contribution in [1.29, 1.82) is 0 Å². The molecule has 1 fully saturated rings. The van der Waals surface area contributed by atoms with E-state index in [0.29, 0.717) is 57.1 Å². The smallest absolute Gasteiger partial charge is 0.241 e. The van der Waals surface area contributed by atoms with Gasteiger partial charge in [0.1, 0.15) is 0 Å². The third-order valence-corrected chi connectivity index (χ3v) is 7.10. The number of nitrogens with zero attached hydrogens (tertiary/aromatic N) is 1. The molecule has 0 radical (unpaired) electrons. The lowest BCUT2D eigenvalue weighted by Gasteiger charge is -2.31. The molecule has 33 heavy (non-hydrogen) atoms. The first-order chi connectivity index (χ1) is 15.9. The minimum atomic E-state index is -3.90. The third kappa shape index (κ3) is 5.82. The summed E-state index contributed by atoms with van der Waals surface area (Å²) in [6.45, 7) is 1.41. The number of ether oxygens (including phenoxy) is 2. The van der Waals surface area contributed by atoms with Crippen LogP contribution in [0.2, 0.25) is 0 Å². The topological polar surface area (TPSA) is 114 Å². The number of likely N-dealkylation sites (tertiary alicyclic amines) is 1. The summed E-state index contributed by atoms with van der Waals surface area (Å²) in [6.07, 6.45) is 1.77. The summed E-state index contributed by atoms with van der Waals surface area (Å²) >= 11 is 0. The first-order valence-electron chi connectivity index (χ1n) is 11.0. The molecule has 1 saturated heterocycles. The van der Waals surface area contributed by atoms with Gasteiger partial charge in [0.25, 0.3) is 0 Å². The number of para-hydroxylation sites is 1. The van der Waals surface area contributed by atoms with Crippen LogP contribution in [0, 0.1) is 5.92 Å². The number of nitrogens with one attached hydrogen (secondary N) is 2. The summed E-state index contributed by atoms with van der Waals surface area (Å²) in [4.78, 5) is 26.6. The number of hydrogen-bond acceptors (Lipinski definition) is 6. The SMILES string of the molecule is O=C(Nc1ccccc1)C1CCN(C(=O)CNS(=O)(=O)c2ccc3c(c2)OCCCO3)CC1. The van der Waals surface area contributed by atoms with E-state index in [-0.39, 0.29) is 29.2 Å². The van der Waals surface area contributed by atoms with Crippen molar-refractivity contribution >= 4 is 27.5 Å². The van der Waals surface area contributed by atoms with E-state index in [2.05, 4.69) is 10.0 Å². The lowest BCUT2D eigenvalue weighted by molar-refractivity contribution is -0.133. The highest BCUT2D eigenvalue weighted by Gasteiger charge is 2.28. The van der Waals surface area contributed by atoms with Crippen LogP contribution in [0.3, 0.4) is 0 Å². The van der Waals surface area contributed by atoms with Crippen LogP contribution >= 0.6 is 0 Å². The molecule has 2 aromatic rings. The molecule has 176 valence electrons. The molecule has 2 aromatic carbocycles. The van der Waals surface area contributed by atoms with Crippen molar-refractivity contribution in [3.8, 4) is 11.5 Å². The number of carbonyl (C=O) groups is 2. The van der Waals surface area contributed by atoms with Crippen LogP contribution in [0.5, 0.6) is 11.5 Å². The van der Waals surface area contributed by atoms with Gasteiger partial charge in [-0.1, -0.05) is 18.2 Å². The number of rotatable bonds is 6. The maximum absolute atomic E-state index is 12.7. The molecule has 2 heterocycles. The summed E-state index contributed by atoms with van der Waals surface area (Å²) in [5.41, 5.74) is 0.741. The van der Waals surface area contributed by atoms with Crippen molar-refractivity contribution in [2.45, 2.75) is 24.2 Å². The fraction of sp³-hybridized carbons (Fsp3) is 0.391. The minimum Gasteiger partial charge on any atom is -0.490 e. The van der Waals surface area contributed by atoms with E-state index >= 15 is 0 Å². The first kappa shape index (κ1) is 23.1. The van der Waals surface area contributed by atoms with Gasteiger partial charge in [-0.25, -0.2) is 13.1 Å². The van der Waals surface area contributed by atoms with E-state index < -0.39 is 10.0 Å². The number of benzene rings is 2. The van der Waals surface area contributed by atoms with E-state index in [1.165, 1.54) is 12.1 Å². The summed E-state index contributed by atoms with van der Waals surface area (Å²) < 4.78 is 38.8. The standard InChI is InChI=1S/C23H27N3O6S/c27-22(26-11-9-17(10-12-26)23(28)25-18-5-2-1-3-6-18)16-24-33(29,30)19-7-8-20-21(15-19)32-14-4-13-31-20/h1-3,5-8,15,17,24H,4,9-14,16H2,(H,25,28). The zero-order valence-electron chi connectivity index (χ0n) is 18.2. The number of amides is 2. The Kier molecular flexibility index (Phi) is 7.14. The highest BCUT2D eigenvalue weighted by molar-refractivity contribution is 7.89. The van der Waals surface area contributed by atoms with E-state index in [9.17, 15) is 18.0 Å². The molecule has 2 aliphatic heterocycles. The van der Waals surface area contributed by atoms with Crippen LogP contribution < -0.4 is 19.5 Å². The Bertz CT molecular complexity index is 1100. The number of hydrogen-bond donors (Lipinski definition) is 2. The van der Waals surface area contributed by atoms with E-state index in [1.54, 1.807) is 11.0 Å². The summed E-state index contributed by atoms with van der Waals surface area (Å²) in [6, 6.07) is 13.6. The van der Waals surface area contributed by atoms with Crippen LogP contribution in [0.25, 0.3) is 0 Å². The largest absolute Gasteiger partial charge is 0.490 e. The predicted molar refractivity (Wildman–Crippen MR) is 122 cm³/mol. The fourth-order valence-corrected chi connectivity index (χ4v) is 4.81. The van der Waals surface area contributed by atoms with Gasteiger partial charge in [-0.2, -0.15) is 0 Å². The Balaban J connectivity index is 1.28. The Labute approximate surface area is 193 Å². The average Bonchev–Trinajstić information content (AvgIpc) is 3.08. The highest BCUT2D eigenvalue weighted by atomic mass is 32.2. The Morgan fingerprint density at radius 1 is 0.970 bits per heavy atom. The van der Waals surface area contributed by atoms with Crippen molar-refractivity contribution in [1.82, 2.24) is 9.62 Å². The fourth-order valence-electron chi connectivity index (χ4n) is 3.82. The molecule has 0 aliphatic carbocycles. The molecule has 2 amide bonds. The van der Waals surface area contributed by atoms with Gasteiger partial charge in [-0.15, -0.1) is 0 Å². The van der Waals surface area contributed by atoms with Gasteiger partial charge in [0, 0.05) is 37.2 Å². The molecule has 2 N–H and O–H groups in total. The number of sulfonamides is 1. The minimum absolute atomic E-state index is 0.0100. The lowest BCUT2D eigenvalue weighted by Crippen LogP contribution is -2.45. The van der Waals surface area contributed by atoms with Crippen molar-refractivity contribution in [2.24, 2.45) is 5.92 Å². The maximum Gasteiger partial charge on any atom is 0.241 e. The van der Waals surface area contributed by atoms with Gasteiger partial charge in [0.15, 0.2) is 11.5 Å². The molecule has 0 spiro atoms. The molecule has 0 atom stereocenters. The molecule has 2 aliphatic rings. The van der Waals surface area contributed by atoms with Crippen molar-refractivity contribution in [3.05, 3.63) is 48.5 Å². The van der Waals surface area contributed by atoms with Gasteiger partial charge in [0.2, 0.25) is 21.8 Å². The molecule has 9 nitrogen and oxygen atoms in total. The van der Waals surface area contributed by atoms with E-state index in [0.717, 1.165) is 5.69 Å². The monoisotopic (exact) mass is 473 g/mol. The third-order valence-electron chi connectivity index (χ3n) is 5.70. The summed E-state index contributed by atoms with van der Waals surface area (Å²) in [5.74, 6) is 0.297. The van der Waals surface area contributed by atoms with E-state index in [4.69, 9.17) is 9.47 Å². The average molecular weight is 474 g/mol. The Hall–Kier alpha value is -3.11. The number of piperidine rings is 1. The molecular formula is C23H27N3O6S. The summed E-state index contributed by atoms with van der Waals surface area (Å²) in [5, 5.41) is 2.89. The van der Waals surface area contributed by atoms with Crippen LogP contribution in [0.15, 0.2) is 53.4 Å². The first-order valence-corrected chi connectivity index (χ1v) is 12.4. The maximum atomic E-state index is 12.7. The van der Waals surface area contributed by atoms with Gasteiger partial charge in [-0.05, 0) is 37.1 Å². The van der Waals surface area contributed by atoms with Crippen molar-refractivity contribution in [3.63, 3.8) is 0 Å². The van der Waals surface area contributed by atoms with Gasteiger partial charge >= 0.3 is 0 Å². The number of carbonyl (C=O) groups excluding carboxylic acids is 2. The second kappa shape index (κ2) is 10.2. The molecular weight excluding hydrogens is 446 g/mol. The van der Waals surface area contributed by atoms with Crippen LogP contribution in [0.1, 0.15) is 19.3 Å². The number of fused-ring (bicyclic) bond motifs is 1. The molecule has 4 rings (SSSR count). The van der Waals surface area contributed by atoms with Gasteiger partial charge in [0.05, 0.1) is 24.7 Å². The second-order valence-corrected chi connectivity index (χ2v) is 9.76. The molecule has 0 saturated carbocycles. The molecule has 10 heteroatoms. The Morgan fingerprint density at radius 3 is 2.39 bits per heavy atom. The number of anilines is 1. The Morgan fingerprint density at radius 2 is 1.67 bits per heavy atom. The molecule has 0 aromatic heterocycles. The zero-order valence-corrected chi connectivity index (χ0v) is 19.0. The zero-order chi connectivity index (χ0) is 23.3. The normalized spacial score (nSPS) is 16.7. The molecule has 0 bridgehead atoms. The second-order valence-electron chi connectivity index (χ2n) is 7.99. The van der Waals surface area contributed by atoms with Crippen LogP contribution in [-0.4, -0.2) is 58.0 Å². The van der Waals surface area contributed by atoms with E-state index in [1.807, 2.05) is 30.3 Å². The highest BCUT2D eigenvalue weighted by Crippen LogP contribution is 2.31. The summed E-state index contributed by atoms with van der Waals surface area (Å²) in [7, 11) is -3.90. The van der Waals surface area contributed by atoms with Crippen LogP contribution in [-0.2, 0) is 19.6 Å².